The second kappa shape index (κ2) is 9.46. The predicted octanol–water partition coefficient (Wildman–Crippen LogP) is 5.59. The lowest BCUT2D eigenvalue weighted by molar-refractivity contribution is 0.0385. The van der Waals surface area contributed by atoms with Crippen LogP contribution < -0.4 is 0 Å². The molecule has 3 heterocycles. The van der Waals surface area contributed by atoms with Crippen molar-refractivity contribution in [2.24, 2.45) is 4.99 Å². The monoisotopic (exact) mass is 501 g/mol. The first-order valence-corrected chi connectivity index (χ1v) is 11.8. The Morgan fingerprint density at radius 3 is 2.68 bits per heavy atom. The Hall–Kier alpha value is -2.29. The zero-order valence-corrected chi connectivity index (χ0v) is 20.1. The molecule has 1 aliphatic heterocycles. The van der Waals surface area contributed by atoms with Crippen LogP contribution in [-0.2, 0) is 9.47 Å². The van der Waals surface area contributed by atoms with Crippen LogP contribution in [0.3, 0.4) is 0 Å². The largest absolute Gasteiger partial charge is 0.459 e. The fourth-order valence-corrected chi connectivity index (χ4v) is 4.76. The van der Waals surface area contributed by atoms with Crippen LogP contribution in [0.2, 0.25) is 0 Å². The van der Waals surface area contributed by atoms with Gasteiger partial charge in [0.25, 0.3) is 0 Å². The minimum atomic E-state index is -0.369. The number of benzene rings is 1. The van der Waals surface area contributed by atoms with Crippen molar-refractivity contribution in [2.45, 2.75) is 26.9 Å². The number of carbonyl (C=O) groups excluding carboxylic acids is 1. The summed E-state index contributed by atoms with van der Waals surface area (Å²) >= 11 is 4.84. The zero-order valence-electron chi connectivity index (χ0n) is 17.7. The topological polar surface area (TPSA) is 64.0 Å². The van der Waals surface area contributed by atoms with Gasteiger partial charge in [-0.2, -0.15) is 0 Å². The van der Waals surface area contributed by atoms with E-state index in [0.717, 1.165) is 44.6 Å². The highest BCUT2D eigenvalue weighted by atomic mass is 79.9. The average Bonchev–Trinajstić information content (AvgIpc) is 3.11. The van der Waals surface area contributed by atoms with Crippen molar-refractivity contribution < 1.29 is 14.3 Å². The quantitative estimate of drug-likeness (QED) is 0.259. The summed E-state index contributed by atoms with van der Waals surface area (Å²) in [5.41, 5.74) is 3.55. The number of aromatic nitrogens is 1. The summed E-state index contributed by atoms with van der Waals surface area (Å²) < 4.78 is 12.0. The van der Waals surface area contributed by atoms with Gasteiger partial charge in [-0.15, -0.1) is 11.3 Å². The van der Waals surface area contributed by atoms with Gasteiger partial charge in [-0.1, -0.05) is 28.1 Å². The molecule has 31 heavy (non-hydrogen) atoms. The first kappa shape index (κ1) is 21.9. The molecule has 3 aromatic rings. The molecule has 0 radical (unpaired) electrons. The Morgan fingerprint density at radius 1 is 1.29 bits per heavy atom. The van der Waals surface area contributed by atoms with Gasteiger partial charge in [0.1, 0.15) is 15.4 Å². The molecular formula is C23H24BrN3O3S. The Kier molecular flexibility index (Phi) is 6.69. The summed E-state index contributed by atoms with van der Waals surface area (Å²) in [7, 11) is 0. The fraction of sp³-hybridized carbons (Fsp3) is 0.348. The number of halogens is 1. The second-order valence-corrected chi connectivity index (χ2v) is 9.54. The summed E-state index contributed by atoms with van der Waals surface area (Å²) in [5.74, 6) is -0.369. The number of esters is 1. The lowest BCUT2D eigenvalue weighted by Gasteiger charge is -2.24. The zero-order chi connectivity index (χ0) is 22.0. The van der Waals surface area contributed by atoms with Gasteiger partial charge >= 0.3 is 5.97 Å². The molecule has 0 aliphatic carbocycles. The minimum absolute atomic E-state index is 0.213. The van der Waals surface area contributed by atoms with Gasteiger partial charge in [-0.05, 0) is 50.1 Å². The third kappa shape index (κ3) is 4.97. The number of hydrogen-bond acceptors (Lipinski definition) is 6. The van der Waals surface area contributed by atoms with Crippen molar-refractivity contribution in [3.05, 3.63) is 45.4 Å². The number of aliphatic imine (C=N–C) groups is 1. The van der Waals surface area contributed by atoms with Crippen LogP contribution in [0.15, 0.2) is 39.8 Å². The van der Waals surface area contributed by atoms with E-state index in [4.69, 9.17) is 19.5 Å². The summed E-state index contributed by atoms with van der Waals surface area (Å²) in [6.45, 7) is 8.54. The van der Waals surface area contributed by atoms with Gasteiger partial charge in [0, 0.05) is 28.6 Å². The Labute approximate surface area is 194 Å². The number of hydrogen-bond donors (Lipinski definition) is 0. The van der Waals surface area contributed by atoms with Gasteiger partial charge in [0.05, 0.1) is 25.7 Å². The number of morpholine rings is 1. The van der Waals surface area contributed by atoms with Crippen molar-refractivity contribution in [1.29, 1.82) is 0 Å². The number of thiophene rings is 1. The van der Waals surface area contributed by atoms with Crippen LogP contribution in [0.25, 0.3) is 21.3 Å². The van der Waals surface area contributed by atoms with E-state index >= 15 is 0 Å². The Bertz CT molecular complexity index is 1120. The smallest absolute Gasteiger partial charge is 0.350 e. The van der Waals surface area contributed by atoms with Crippen LogP contribution in [0.1, 0.15) is 29.2 Å². The van der Waals surface area contributed by atoms with E-state index in [1.165, 1.54) is 11.3 Å². The van der Waals surface area contributed by atoms with Gasteiger partial charge in [-0.3, -0.25) is 0 Å². The molecule has 1 fully saturated rings. The number of nitrogens with zero attached hydrogens (tertiary/aromatic N) is 3. The van der Waals surface area contributed by atoms with E-state index in [0.29, 0.717) is 23.8 Å². The van der Waals surface area contributed by atoms with Crippen LogP contribution in [0.4, 0.5) is 5.69 Å². The highest BCUT2D eigenvalue weighted by molar-refractivity contribution is 9.10. The molecule has 1 aliphatic rings. The highest BCUT2D eigenvalue weighted by Gasteiger charge is 2.24. The molecule has 1 saturated heterocycles. The lowest BCUT2D eigenvalue weighted by atomic mass is 10.0. The number of fused-ring (bicyclic) bond motifs is 1. The van der Waals surface area contributed by atoms with Gasteiger partial charge in [-0.25, -0.2) is 14.8 Å². The summed E-state index contributed by atoms with van der Waals surface area (Å²) in [6, 6.07) is 10.2. The van der Waals surface area contributed by atoms with Crippen molar-refractivity contribution in [1.82, 2.24) is 9.88 Å². The first-order valence-electron chi connectivity index (χ1n) is 10.2. The number of ether oxygens (including phenoxy) is 2. The highest BCUT2D eigenvalue weighted by Crippen LogP contribution is 2.43. The molecule has 162 valence electrons. The maximum absolute atomic E-state index is 12.9. The van der Waals surface area contributed by atoms with Crippen LogP contribution in [0, 0.1) is 6.92 Å². The van der Waals surface area contributed by atoms with Gasteiger partial charge < -0.3 is 14.4 Å². The standard InChI is InChI=1S/C23H24BrN3O3S/c1-14(2)30-23(28)21-20(25-13-27-8-10-29-11-9-27)19-18(12-15(3)26-22(19)31-21)16-4-6-17(24)7-5-16/h4-7,12-14H,8-11H2,1-3H3. The molecule has 0 spiro atoms. The third-order valence-electron chi connectivity index (χ3n) is 4.84. The van der Waals surface area contributed by atoms with Crippen molar-refractivity contribution in [2.75, 3.05) is 26.3 Å². The maximum atomic E-state index is 12.9. The summed E-state index contributed by atoms with van der Waals surface area (Å²) in [4.78, 5) is 25.8. The van der Waals surface area contributed by atoms with Crippen LogP contribution >= 0.6 is 27.3 Å². The van der Waals surface area contributed by atoms with Crippen molar-refractivity contribution >= 4 is 55.5 Å². The Morgan fingerprint density at radius 2 is 2.00 bits per heavy atom. The molecule has 4 rings (SSSR count). The molecule has 1 aromatic carbocycles. The number of pyridine rings is 1. The van der Waals surface area contributed by atoms with E-state index < -0.39 is 0 Å². The first-order chi connectivity index (χ1) is 14.9. The third-order valence-corrected chi connectivity index (χ3v) is 6.43. The van der Waals surface area contributed by atoms with Crippen LogP contribution in [-0.4, -0.2) is 54.6 Å². The lowest BCUT2D eigenvalue weighted by Crippen LogP contribution is -2.35. The van der Waals surface area contributed by atoms with E-state index in [-0.39, 0.29) is 12.1 Å². The second-order valence-electron chi connectivity index (χ2n) is 7.63. The van der Waals surface area contributed by atoms with Gasteiger partial charge in [0.15, 0.2) is 0 Å². The number of aryl methyl sites for hydroxylation is 1. The summed E-state index contributed by atoms with van der Waals surface area (Å²) in [5, 5.41) is 0.873. The molecular weight excluding hydrogens is 478 g/mol. The maximum Gasteiger partial charge on any atom is 0.350 e. The SMILES string of the molecule is Cc1cc(-c2ccc(Br)cc2)c2c(N=CN3CCOCC3)c(C(=O)OC(C)C)sc2n1. The molecule has 8 heteroatoms. The fourth-order valence-electron chi connectivity index (χ4n) is 3.42. The summed E-state index contributed by atoms with van der Waals surface area (Å²) in [6.07, 6.45) is 1.59. The van der Waals surface area contributed by atoms with Gasteiger partial charge in [0.2, 0.25) is 0 Å². The van der Waals surface area contributed by atoms with E-state index in [1.807, 2.05) is 39.0 Å². The van der Waals surface area contributed by atoms with E-state index in [1.54, 1.807) is 6.34 Å². The Balaban J connectivity index is 1.89. The molecule has 0 saturated carbocycles. The molecule has 0 atom stereocenters. The number of rotatable bonds is 5. The van der Waals surface area contributed by atoms with Crippen LogP contribution in [0.5, 0.6) is 0 Å². The molecule has 0 N–H and O–H groups in total. The normalized spacial score (nSPS) is 14.7. The number of carbonyl (C=O) groups is 1. The molecule has 0 unspecified atom stereocenters. The van der Waals surface area contributed by atoms with E-state index in [2.05, 4.69) is 33.0 Å². The minimum Gasteiger partial charge on any atom is -0.459 e. The molecule has 0 bridgehead atoms. The predicted molar refractivity (Wildman–Crippen MR) is 129 cm³/mol. The average molecular weight is 502 g/mol. The molecule has 0 amide bonds. The molecule has 6 nitrogen and oxygen atoms in total. The molecule has 2 aromatic heterocycles. The van der Waals surface area contributed by atoms with Crippen molar-refractivity contribution in [3.8, 4) is 11.1 Å². The van der Waals surface area contributed by atoms with E-state index in [9.17, 15) is 4.79 Å². The van der Waals surface area contributed by atoms with Crippen molar-refractivity contribution in [3.63, 3.8) is 0 Å².